The average Bonchev–Trinajstić information content (AvgIpc) is 3.57. The van der Waals surface area contributed by atoms with Crippen molar-refractivity contribution in [1.82, 2.24) is 0 Å². The third kappa shape index (κ3) is 10.9. The average molecular weight is 1040 g/mol. The minimum Gasteiger partial charge on any atom is -0.311 e. The van der Waals surface area contributed by atoms with Crippen molar-refractivity contribution in [2.24, 2.45) is 0 Å². The van der Waals surface area contributed by atoms with E-state index in [4.69, 9.17) is 0 Å². The van der Waals surface area contributed by atoms with E-state index in [0.717, 1.165) is 51.2 Å². The third-order valence-electron chi connectivity index (χ3n) is 15.1. The summed E-state index contributed by atoms with van der Waals surface area (Å²) in [6.07, 6.45) is 0. The Bertz CT molecular complexity index is 3840. The zero-order chi connectivity index (χ0) is 54.2. The molecule has 0 aliphatic heterocycles. The van der Waals surface area contributed by atoms with Crippen molar-refractivity contribution in [3.05, 3.63) is 346 Å². The first-order valence-electron chi connectivity index (χ1n) is 27.6. The molecule has 0 aromatic heterocycles. The van der Waals surface area contributed by atoms with Gasteiger partial charge in [0.2, 0.25) is 0 Å². The lowest BCUT2D eigenvalue weighted by molar-refractivity contribution is 1.28. The second-order valence-electron chi connectivity index (χ2n) is 20.2. The van der Waals surface area contributed by atoms with Crippen LogP contribution in [-0.4, -0.2) is 0 Å². The van der Waals surface area contributed by atoms with Crippen LogP contribution < -0.4 is 14.7 Å². The van der Waals surface area contributed by atoms with Crippen molar-refractivity contribution in [3.63, 3.8) is 0 Å². The Balaban J connectivity index is 0.693. The molecule has 0 amide bonds. The molecule has 0 aliphatic rings. The molecule has 0 saturated heterocycles. The summed E-state index contributed by atoms with van der Waals surface area (Å²) in [6, 6.07) is 124. The van der Waals surface area contributed by atoms with E-state index in [9.17, 15) is 0 Å². The monoisotopic (exact) mass is 1040 g/mol. The van der Waals surface area contributed by atoms with Crippen molar-refractivity contribution < 1.29 is 0 Å². The first-order valence-corrected chi connectivity index (χ1v) is 27.6. The van der Waals surface area contributed by atoms with Crippen LogP contribution in [0.2, 0.25) is 0 Å². The molecule has 0 fully saturated rings. The fourth-order valence-corrected chi connectivity index (χ4v) is 10.9. The molecule has 81 heavy (non-hydrogen) atoms. The minimum absolute atomic E-state index is 1.09. The van der Waals surface area contributed by atoms with Crippen LogP contribution in [0.3, 0.4) is 0 Å². The van der Waals surface area contributed by atoms with E-state index in [1.807, 2.05) is 0 Å². The summed E-state index contributed by atoms with van der Waals surface area (Å²) in [4.78, 5) is 6.95. The summed E-state index contributed by atoms with van der Waals surface area (Å²) in [5.41, 5.74) is 24.1. The Kier molecular flexibility index (Phi) is 14.2. The van der Waals surface area contributed by atoms with Gasteiger partial charge in [0.1, 0.15) is 0 Å². The zero-order valence-electron chi connectivity index (χ0n) is 44.8. The van der Waals surface area contributed by atoms with Crippen molar-refractivity contribution in [3.8, 4) is 66.8 Å². The number of hydrogen-bond donors (Lipinski definition) is 0. The molecule has 0 unspecified atom stereocenters. The van der Waals surface area contributed by atoms with Gasteiger partial charge >= 0.3 is 0 Å². The van der Waals surface area contributed by atoms with Gasteiger partial charge in [-0.25, -0.2) is 0 Å². The molecule has 0 spiro atoms. The fraction of sp³-hybridized carbons (Fsp3) is 0. The fourth-order valence-electron chi connectivity index (χ4n) is 10.9. The van der Waals surface area contributed by atoms with Gasteiger partial charge in [0, 0.05) is 51.2 Å². The molecule has 0 radical (unpaired) electrons. The smallest absolute Gasteiger partial charge is 0.0462 e. The van der Waals surface area contributed by atoms with Crippen molar-refractivity contribution in [2.75, 3.05) is 14.7 Å². The Morgan fingerprint density at radius 2 is 0.210 bits per heavy atom. The molecule has 0 saturated carbocycles. The Morgan fingerprint density at radius 1 is 0.0988 bits per heavy atom. The molecule has 0 heterocycles. The molecule has 13 aromatic rings. The molecule has 0 N–H and O–H groups in total. The summed E-state index contributed by atoms with van der Waals surface area (Å²) in [5.74, 6) is 0. The van der Waals surface area contributed by atoms with Crippen LogP contribution in [0.5, 0.6) is 0 Å². The molecule has 384 valence electrons. The second-order valence-corrected chi connectivity index (χ2v) is 20.2. The van der Waals surface area contributed by atoms with Crippen LogP contribution in [0.4, 0.5) is 51.2 Å². The zero-order valence-corrected chi connectivity index (χ0v) is 44.8. The van der Waals surface area contributed by atoms with Gasteiger partial charge in [-0.05, 0) is 176 Å². The van der Waals surface area contributed by atoms with Crippen LogP contribution >= 0.6 is 0 Å². The lowest BCUT2D eigenvalue weighted by atomic mass is 9.99. The molecular weight excluding hydrogens is 979 g/mol. The summed E-state index contributed by atoms with van der Waals surface area (Å²) in [5, 5.41) is 0. The maximum atomic E-state index is 2.32. The van der Waals surface area contributed by atoms with Gasteiger partial charge in [-0.2, -0.15) is 0 Å². The molecule has 13 aromatic carbocycles. The second kappa shape index (κ2) is 23.1. The minimum atomic E-state index is 1.09. The van der Waals surface area contributed by atoms with Gasteiger partial charge in [-0.1, -0.05) is 237 Å². The molecular formula is C78H57N3. The van der Waals surface area contributed by atoms with E-state index >= 15 is 0 Å². The number of para-hydroxylation sites is 3. The molecule has 0 atom stereocenters. The van der Waals surface area contributed by atoms with Gasteiger partial charge in [-0.3, -0.25) is 0 Å². The van der Waals surface area contributed by atoms with E-state index in [-0.39, 0.29) is 0 Å². The van der Waals surface area contributed by atoms with Gasteiger partial charge in [0.05, 0.1) is 0 Å². The van der Waals surface area contributed by atoms with Crippen molar-refractivity contribution in [2.45, 2.75) is 0 Å². The Hall–Kier alpha value is -10.7. The predicted molar refractivity (Wildman–Crippen MR) is 343 cm³/mol. The third-order valence-corrected chi connectivity index (χ3v) is 15.1. The van der Waals surface area contributed by atoms with Gasteiger partial charge in [0.25, 0.3) is 0 Å². The number of nitrogens with zero attached hydrogens (tertiary/aromatic N) is 3. The normalized spacial score (nSPS) is 11.0. The lowest BCUT2D eigenvalue weighted by Crippen LogP contribution is -2.09. The largest absolute Gasteiger partial charge is 0.311 e. The topological polar surface area (TPSA) is 9.72 Å². The highest BCUT2D eigenvalue weighted by molar-refractivity contribution is 5.84. The molecule has 0 bridgehead atoms. The summed E-state index contributed by atoms with van der Waals surface area (Å²) in [7, 11) is 0. The van der Waals surface area contributed by atoms with Gasteiger partial charge in [0.15, 0.2) is 0 Å². The van der Waals surface area contributed by atoms with E-state index < -0.39 is 0 Å². The summed E-state index contributed by atoms with van der Waals surface area (Å²) < 4.78 is 0. The molecule has 13 rings (SSSR count). The highest BCUT2D eigenvalue weighted by atomic mass is 15.2. The number of anilines is 9. The molecule has 0 aliphatic carbocycles. The molecule has 3 nitrogen and oxygen atoms in total. The van der Waals surface area contributed by atoms with Gasteiger partial charge < -0.3 is 14.7 Å². The van der Waals surface area contributed by atoms with E-state index in [2.05, 4.69) is 360 Å². The highest BCUT2D eigenvalue weighted by Gasteiger charge is 2.17. The quantitative estimate of drug-likeness (QED) is 0.101. The first kappa shape index (κ1) is 49.8. The van der Waals surface area contributed by atoms with Crippen LogP contribution in [0.1, 0.15) is 0 Å². The SMILES string of the molecule is c1ccc(-c2ccc(N(c3ccccc3)c3ccc(-c4ccc(-c5ccc(N(c6ccccc6)c6ccc(-c7ccc(-c8ccc(N(c9ccccc9)c9ccc(-c%10ccccc%10)cc9)cc8)cc7)cc6)cc5)cc4)cc3)cc2)cc1. The summed E-state index contributed by atoms with van der Waals surface area (Å²) in [6.45, 7) is 0. The summed E-state index contributed by atoms with van der Waals surface area (Å²) >= 11 is 0. The standard InChI is InChI=1S/C78H57N3/c1-6-16-58(17-7-1)64-34-46-73(47-35-64)79(70-20-10-3-11-21-70)75-50-38-66(39-51-75)60-26-30-62(31-27-60)68-42-54-77(55-43-68)81(72-24-14-5-15-25-72)78-56-44-69(45-57-78)63-32-28-61(29-33-63)67-40-52-76(53-41-67)80(71-22-12-4-13-23-71)74-48-36-65(37-49-74)59-18-8-2-9-19-59/h1-57H. The predicted octanol–water partition coefficient (Wildman–Crippen LogP) is 22.1. The number of hydrogen-bond acceptors (Lipinski definition) is 3. The van der Waals surface area contributed by atoms with E-state index in [1.54, 1.807) is 0 Å². The van der Waals surface area contributed by atoms with Crippen LogP contribution in [0.15, 0.2) is 346 Å². The van der Waals surface area contributed by atoms with E-state index in [0.29, 0.717) is 0 Å². The van der Waals surface area contributed by atoms with Crippen LogP contribution in [0, 0.1) is 0 Å². The first-order chi connectivity index (χ1) is 40.1. The van der Waals surface area contributed by atoms with E-state index in [1.165, 1.54) is 66.8 Å². The van der Waals surface area contributed by atoms with Crippen molar-refractivity contribution >= 4 is 51.2 Å². The maximum absolute atomic E-state index is 2.32. The Labute approximate surface area is 475 Å². The Morgan fingerprint density at radius 3 is 0.370 bits per heavy atom. The maximum Gasteiger partial charge on any atom is 0.0462 e. The van der Waals surface area contributed by atoms with Crippen molar-refractivity contribution in [1.29, 1.82) is 0 Å². The number of rotatable bonds is 15. The highest BCUT2D eigenvalue weighted by Crippen LogP contribution is 2.41. The van der Waals surface area contributed by atoms with Crippen LogP contribution in [-0.2, 0) is 0 Å². The van der Waals surface area contributed by atoms with Gasteiger partial charge in [-0.15, -0.1) is 0 Å². The lowest BCUT2D eigenvalue weighted by Gasteiger charge is -2.26. The number of benzene rings is 13. The molecule has 3 heteroatoms. The van der Waals surface area contributed by atoms with Crippen LogP contribution in [0.25, 0.3) is 66.8 Å².